The first kappa shape index (κ1) is 11.4. The molecule has 1 aromatic rings. The van der Waals surface area contributed by atoms with Gasteiger partial charge in [0.15, 0.2) is 8.83 Å². The highest BCUT2D eigenvalue weighted by Crippen LogP contribution is 2.28. The van der Waals surface area contributed by atoms with Crippen molar-refractivity contribution in [1.82, 2.24) is 0 Å². The SMILES string of the molecule is CC(Cl)([SiH2]Cl)c1ccc(CCl)cc1. The van der Waals surface area contributed by atoms with Gasteiger partial charge in [-0.25, -0.2) is 0 Å². The van der Waals surface area contributed by atoms with Crippen LogP contribution in [0, 0.1) is 0 Å². The summed E-state index contributed by atoms with van der Waals surface area (Å²) < 4.78 is -0.341. The summed E-state index contributed by atoms with van der Waals surface area (Å²) in [5.74, 6) is 0.539. The molecular weight excluding hydrogens is 243 g/mol. The third-order valence-corrected chi connectivity index (χ3v) is 5.81. The van der Waals surface area contributed by atoms with Crippen LogP contribution in [0.2, 0.25) is 0 Å². The van der Waals surface area contributed by atoms with Crippen molar-refractivity contribution in [3.8, 4) is 0 Å². The standard InChI is InChI=1S/C9H11Cl3Si/c1-9(11,13-12)8-4-2-7(6-10)3-5-8/h2-5H,6,13H2,1H3. The molecule has 4 heteroatoms. The van der Waals surface area contributed by atoms with Crippen LogP contribution in [-0.4, -0.2) is 8.83 Å². The van der Waals surface area contributed by atoms with Crippen LogP contribution >= 0.6 is 34.3 Å². The Morgan fingerprint density at radius 2 is 1.85 bits per heavy atom. The molecule has 72 valence electrons. The highest BCUT2D eigenvalue weighted by Gasteiger charge is 2.22. The van der Waals surface area contributed by atoms with Gasteiger partial charge >= 0.3 is 0 Å². The molecule has 0 bridgehead atoms. The lowest BCUT2D eigenvalue weighted by Crippen LogP contribution is -2.18. The van der Waals surface area contributed by atoms with Gasteiger partial charge in [-0.3, -0.25) is 0 Å². The van der Waals surface area contributed by atoms with Gasteiger partial charge in [0.25, 0.3) is 0 Å². The van der Waals surface area contributed by atoms with Gasteiger partial charge in [-0.2, -0.15) is 11.1 Å². The van der Waals surface area contributed by atoms with Gasteiger partial charge in [0.2, 0.25) is 0 Å². The van der Waals surface area contributed by atoms with E-state index in [1.165, 1.54) is 0 Å². The molecule has 0 nitrogen and oxygen atoms in total. The smallest absolute Gasteiger partial charge is 0.152 e. The molecule has 1 atom stereocenters. The summed E-state index contributed by atoms with van der Waals surface area (Å²) in [7, 11) is -0.770. The quantitative estimate of drug-likeness (QED) is 0.441. The summed E-state index contributed by atoms with van der Waals surface area (Å²) in [4.78, 5) is 0. The molecule has 0 amide bonds. The third-order valence-electron chi connectivity index (χ3n) is 1.96. The van der Waals surface area contributed by atoms with Crippen LogP contribution < -0.4 is 0 Å². The highest BCUT2D eigenvalue weighted by molar-refractivity contribution is 6.98. The van der Waals surface area contributed by atoms with Crippen molar-refractivity contribution >= 4 is 43.1 Å². The number of hydrogen-bond acceptors (Lipinski definition) is 0. The molecule has 0 saturated heterocycles. The van der Waals surface area contributed by atoms with E-state index < -0.39 is 8.83 Å². The summed E-state index contributed by atoms with van der Waals surface area (Å²) in [6, 6.07) is 7.98. The molecule has 0 heterocycles. The second-order valence-electron chi connectivity index (χ2n) is 3.16. The molecule has 0 radical (unpaired) electrons. The van der Waals surface area contributed by atoms with Crippen molar-refractivity contribution in [1.29, 1.82) is 0 Å². The van der Waals surface area contributed by atoms with Gasteiger partial charge in [-0.05, 0) is 18.1 Å². The van der Waals surface area contributed by atoms with E-state index in [-0.39, 0.29) is 4.50 Å². The van der Waals surface area contributed by atoms with Gasteiger partial charge in [0, 0.05) is 5.88 Å². The van der Waals surface area contributed by atoms with Gasteiger partial charge < -0.3 is 0 Å². The third kappa shape index (κ3) is 2.88. The van der Waals surface area contributed by atoms with E-state index in [2.05, 4.69) is 0 Å². The lowest BCUT2D eigenvalue weighted by atomic mass is 10.1. The summed E-state index contributed by atoms with van der Waals surface area (Å²) in [6.45, 7) is 1.96. The van der Waals surface area contributed by atoms with E-state index in [1.54, 1.807) is 0 Å². The Bertz CT molecular complexity index is 269. The number of halogens is 3. The lowest BCUT2D eigenvalue weighted by Gasteiger charge is -2.18. The minimum atomic E-state index is -0.770. The Labute approximate surface area is 95.7 Å². The van der Waals surface area contributed by atoms with Crippen molar-refractivity contribution in [3.05, 3.63) is 35.4 Å². The Morgan fingerprint density at radius 3 is 2.23 bits per heavy atom. The van der Waals surface area contributed by atoms with Gasteiger partial charge in [0.05, 0.1) is 4.50 Å². The number of hydrogen-bond donors (Lipinski definition) is 0. The van der Waals surface area contributed by atoms with Crippen LogP contribution in [-0.2, 0) is 10.4 Å². The molecule has 0 spiro atoms. The molecule has 0 saturated carbocycles. The summed E-state index contributed by atoms with van der Waals surface area (Å²) in [5.41, 5.74) is 2.19. The zero-order valence-electron chi connectivity index (χ0n) is 7.36. The minimum absolute atomic E-state index is 0.341. The number of benzene rings is 1. The van der Waals surface area contributed by atoms with Crippen LogP contribution in [0.15, 0.2) is 24.3 Å². The van der Waals surface area contributed by atoms with Crippen LogP contribution in [0.5, 0.6) is 0 Å². The highest BCUT2D eigenvalue weighted by atomic mass is 35.6. The Hall–Kier alpha value is 0.307. The zero-order chi connectivity index (χ0) is 9.90. The molecule has 0 N–H and O–H groups in total. The van der Waals surface area contributed by atoms with Crippen LogP contribution in [0.25, 0.3) is 0 Å². The minimum Gasteiger partial charge on any atom is -0.174 e. The number of rotatable bonds is 3. The van der Waals surface area contributed by atoms with E-state index in [0.717, 1.165) is 11.1 Å². The van der Waals surface area contributed by atoms with Crippen molar-refractivity contribution in [3.63, 3.8) is 0 Å². The first-order chi connectivity index (χ1) is 6.10. The largest absolute Gasteiger partial charge is 0.174 e. The van der Waals surface area contributed by atoms with Crippen LogP contribution in [0.4, 0.5) is 0 Å². The average molecular weight is 254 g/mol. The second-order valence-corrected chi connectivity index (χ2v) is 7.19. The van der Waals surface area contributed by atoms with Crippen LogP contribution in [0.1, 0.15) is 18.1 Å². The monoisotopic (exact) mass is 252 g/mol. The second kappa shape index (κ2) is 4.69. The molecule has 0 aliphatic carbocycles. The first-order valence-corrected chi connectivity index (χ1v) is 7.76. The molecule has 1 aromatic carbocycles. The molecular formula is C9H11Cl3Si. The number of alkyl halides is 2. The van der Waals surface area contributed by atoms with Crippen molar-refractivity contribution in [2.24, 2.45) is 0 Å². The Kier molecular flexibility index (Phi) is 4.11. The summed E-state index contributed by atoms with van der Waals surface area (Å²) in [5, 5.41) is 0. The van der Waals surface area contributed by atoms with Gasteiger partial charge in [-0.15, -0.1) is 23.2 Å². The Balaban J connectivity index is 2.92. The first-order valence-electron chi connectivity index (χ1n) is 4.00. The van der Waals surface area contributed by atoms with E-state index in [4.69, 9.17) is 34.3 Å². The van der Waals surface area contributed by atoms with E-state index in [1.807, 2.05) is 31.2 Å². The maximum absolute atomic E-state index is 6.24. The fourth-order valence-electron chi connectivity index (χ4n) is 1.02. The maximum atomic E-state index is 6.24. The zero-order valence-corrected chi connectivity index (χ0v) is 11.0. The van der Waals surface area contributed by atoms with Gasteiger partial charge in [0.1, 0.15) is 0 Å². The van der Waals surface area contributed by atoms with E-state index >= 15 is 0 Å². The van der Waals surface area contributed by atoms with Crippen LogP contribution in [0.3, 0.4) is 0 Å². The molecule has 0 aliphatic heterocycles. The molecule has 1 rings (SSSR count). The molecule has 0 aromatic heterocycles. The lowest BCUT2D eigenvalue weighted by molar-refractivity contribution is 0.968. The van der Waals surface area contributed by atoms with Crippen molar-refractivity contribution in [2.75, 3.05) is 0 Å². The fourth-order valence-corrected chi connectivity index (χ4v) is 2.18. The predicted octanol–water partition coefficient (Wildman–Crippen LogP) is 3.16. The predicted molar refractivity (Wildman–Crippen MR) is 63.6 cm³/mol. The normalized spacial score (nSPS) is 16.3. The summed E-state index contributed by atoms with van der Waals surface area (Å²) >= 11 is 17.8. The Morgan fingerprint density at radius 1 is 1.31 bits per heavy atom. The summed E-state index contributed by atoms with van der Waals surface area (Å²) in [6.07, 6.45) is 0. The maximum Gasteiger partial charge on any atom is 0.152 e. The topological polar surface area (TPSA) is 0 Å². The van der Waals surface area contributed by atoms with E-state index in [0.29, 0.717) is 5.88 Å². The molecule has 0 aliphatic rings. The van der Waals surface area contributed by atoms with Crippen molar-refractivity contribution < 1.29 is 0 Å². The fraction of sp³-hybridized carbons (Fsp3) is 0.333. The van der Waals surface area contributed by atoms with Gasteiger partial charge in [-0.1, -0.05) is 24.3 Å². The van der Waals surface area contributed by atoms with E-state index in [9.17, 15) is 0 Å². The molecule has 13 heavy (non-hydrogen) atoms. The molecule has 0 fully saturated rings. The molecule has 1 unspecified atom stereocenters. The van der Waals surface area contributed by atoms with Crippen molar-refractivity contribution in [2.45, 2.75) is 17.3 Å². The average Bonchev–Trinajstić information content (AvgIpc) is 2.18.